The fourth-order valence-electron chi connectivity index (χ4n) is 0.557. The van der Waals surface area contributed by atoms with Gasteiger partial charge in [-0.15, -0.1) is 0 Å². The molecule has 0 aliphatic heterocycles. The molecule has 0 amide bonds. The van der Waals surface area contributed by atoms with Gasteiger partial charge in [0.1, 0.15) is 0 Å². The van der Waals surface area contributed by atoms with Crippen molar-refractivity contribution in [2.75, 3.05) is 0 Å². The molecule has 0 saturated carbocycles. The van der Waals surface area contributed by atoms with E-state index >= 15 is 0 Å². The third-order valence-electron chi connectivity index (χ3n) is 0.875. The summed E-state index contributed by atoms with van der Waals surface area (Å²) in [6.45, 7) is 8.38. The fourth-order valence-corrected chi connectivity index (χ4v) is 2.19. The van der Waals surface area contributed by atoms with E-state index in [2.05, 4.69) is 26.0 Å². The molecule has 0 saturated heterocycles. The zero-order valence-corrected chi connectivity index (χ0v) is 8.28. The third kappa shape index (κ3) is 3.56. The van der Waals surface area contributed by atoms with Crippen LogP contribution in [0.2, 0.25) is 0 Å². The van der Waals surface area contributed by atoms with Crippen LogP contribution in [-0.2, 0) is 0 Å². The Kier molecular flexibility index (Phi) is 4.84. The van der Waals surface area contributed by atoms with Crippen LogP contribution in [0.4, 0.5) is 0 Å². The average molecular weight is 189 g/mol. The number of hydrogen-bond donors (Lipinski definition) is 0. The molecule has 0 atom stereocenters. The molecule has 0 nitrogen and oxygen atoms in total. The third-order valence-corrected chi connectivity index (χ3v) is 2.80. The maximum absolute atomic E-state index is 2.20. The molecule has 0 spiro atoms. The van der Waals surface area contributed by atoms with Crippen molar-refractivity contribution in [3.8, 4) is 0 Å². The molecule has 1 heterocycles. The van der Waals surface area contributed by atoms with Crippen LogP contribution in [-0.4, -0.2) is 14.5 Å². The summed E-state index contributed by atoms with van der Waals surface area (Å²) in [5.41, 5.74) is 0. The van der Waals surface area contributed by atoms with Crippen LogP contribution in [0, 0.1) is 13.8 Å². The number of aryl methyl sites for hydroxylation is 2. The van der Waals surface area contributed by atoms with Crippen molar-refractivity contribution in [2.45, 2.75) is 27.7 Å². The van der Waals surface area contributed by atoms with Gasteiger partial charge in [0.2, 0.25) is 0 Å². The summed E-state index contributed by atoms with van der Waals surface area (Å²) in [5.74, 6) is 0. The first-order chi connectivity index (χ1) is 4.29. The molecule has 52 valence electrons. The van der Waals surface area contributed by atoms with Crippen LogP contribution in [0.5, 0.6) is 0 Å². The zero-order valence-electron chi connectivity index (χ0n) is 6.56. The molecular formula is C8H14Se. The molecule has 0 radical (unpaired) electrons. The second-order valence-electron chi connectivity index (χ2n) is 1.66. The second-order valence-corrected chi connectivity index (χ2v) is 4.79. The molecule has 1 aromatic heterocycles. The molecule has 1 aromatic rings. The van der Waals surface area contributed by atoms with Crippen molar-refractivity contribution in [3.63, 3.8) is 0 Å². The first-order valence-electron chi connectivity index (χ1n) is 3.32. The van der Waals surface area contributed by atoms with Crippen LogP contribution >= 0.6 is 0 Å². The topological polar surface area (TPSA) is 0 Å². The molecule has 0 aliphatic rings. The SMILES string of the molecule is CC.Cc1ccc(C)[se]1. The molecule has 0 unspecified atom stereocenters. The summed E-state index contributed by atoms with van der Waals surface area (Å²) in [7, 11) is 0. The van der Waals surface area contributed by atoms with E-state index in [4.69, 9.17) is 0 Å². The Hall–Kier alpha value is -0.000519. The molecule has 0 aliphatic carbocycles. The van der Waals surface area contributed by atoms with Crippen LogP contribution in [0.1, 0.15) is 22.7 Å². The summed E-state index contributed by atoms with van der Waals surface area (Å²) in [5, 5.41) is 0. The Bertz CT molecular complexity index is 137. The van der Waals surface area contributed by atoms with E-state index in [0.717, 1.165) is 0 Å². The van der Waals surface area contributed by atoms with Gasteiger partial charge < -0.3 is 0 Å². The summed E-state index contributed by atoms with van der Waals surface area (Å²) >= 11 is 0.708. The Balaban J connectivity index is 0.000000291. The summed E-state index contributed by atoms with van der Waals surface area (Å²) in [6.07, 6.45) is 0. The van der Waals surface area contributed by atoms with Crippen molar-refractivity contribution in [2.24, 2.45) is 0 Å². The van der Waals surface area contributed by atoms with Gasteiger partial charge in [0.05, 0.1) is 0 Å². The van der Waals surface area contributed by atoms with Crippen molar-refractivity contribution in [3.05, 3.63) is 21.0 Å². The van der Waals surface area contributed by atoms with Crippen molar-refractivity contribution in [1.82, 2.24) is 0 Å². The molecule has 0 bridgehead atoms. The second kappa shape index (κ2) is 4.84. The zero-order chi connectivity index (χ0) is 7.28. The number of rotatable bonds is 0. The van der Waals surface area contributed by atoms with Crippen molar-refractivity contribution >= 4 is 14.5 Å². The normalized spacial score (nSPS) is 8.00. The average Bonchev–Trinajstić information content (AvgIpc) is 2.20. The van der Waals surface area contributed by atoms with Gasteiger partial charge in [0.15, 0.2) is 0 Å². The van der Waals surface area contributed by atoms with E-state index < -0.39 is 0 Å². The molecular weight excluding hydrogens is 175 g/mol. The van der Waals surface area contributed by atoms with E-state index in [-0.39, 0.29) is 0 Å². The molecule has 1 rings (SSSR count). The monoisotopic (exact) mass is 190 g/mol. The van der Waals surface area contributed by atoms with Gasteiger partial charge in [-0.25, -0.2) is 0 Å². The maximum atomic E-state index is 2.20. The van der Waals surface area contributed by atoms with Gasteiger partial charge in [0, 0.05) is 0 Å². The van der Waals surface area contributed by atoms with E-state index in [1.54, 1.807) is 8.87 Å². The summed E-state index contributed by atoms with van der Waals surface area (Å²) < 4.78 is 3.09. The summed E-state index contributed by atoms with van der Waals surface area (Å²) in [6, 6.07) is 4.41. The Morgan fingerprint density at radius 1 is 1.00 bits per heavy atom. The predicted octanol–water partition coefficient (Wildman–Crippen LogP) is 2.39. The summed E-state index contributed by atoms with van der Waals surface area (Å²) in [4.78, 5) is 0. The van der Waals surface area contributed by atoms with E-state index in [1.807, 2.05) is 13.8 Å². The quantitative estimate of drug-likeness (QED) is 0.550. The Morgan fingerprint density at radius 2 is 1.33 bits per heavy atom. The minimum absolute atomic E-state index is 0.708. The van der Waals surface area contributed by atoms with Crippen molar-refractivity contribution < 1.29 is 0 Å². The van der Waals surface area contributed by atoms with Crippen LogP contribution in [0.25, 0.3) is 0 Å². The fraction of sp³-hybridized carbons (Fsp3) is 0.500. The van der Waals surface area contributed by atoms with Crippen molar-refractivity contribution in [1.29, 1.82) is 0 Å². The molecule has 9 heavy (non-hydrogen) atoms. The van der Waals surface area contributed by atoms with Gasteiger partial charge in [-0.05, 0) is 0 Å². The molecule has 0 fully saturated rings. The minimum atomic E-state index is 0.708. The van der Waals surface area contributed by atoms with E-state index in [9.17, 15) is 0 Å². The Morgan fingerprint density at radius 3 is 1.44 bits per heavy atom. The first kappa shape index (κ1) is 9.00. The van der Waals surface area contributed by atoms with Gasteiger partial charge in [0.25, 0.3) is 0 Å². The first-order valence-corrected chi connectivity index (χ1v) is 5.03. The number of hydrogen-bond acceptors (Lipinski definition) is 0. The van der Waals surface area contributed by atoms with Crippen LogP contribution in [0.3, 0.4) is 0 Å². The Labute approximate surface area is 63.7 Å². The van der Waals surface area contributed by atoms with Crippen LogP contribution < -0.4 is 0 Å². The molecule has 1 heteroatoms. The van der Waals surface area contributed by atoms with Gasteiger partial charge >= 0.3 is 49.4 Å². The van der Waals surface area contributed by atoms with Gasteiger partial charge in [-0.2, -0.15) is 0 Å². The predicted molar refractivity (Wildman–Crippen MR) is 44.2 cm³/mol. The van der Waals surface area contributed by atoms with Gasteiger partial charge in [-0.1, -0.05) is 13.8 Å². The standard InChI is InChI=1S/C6H8Se.C2H6/c1-5-3-4-6(2)7-5;1-2/h3-4H,1-2H3;1-2H3. The van der Waals surface area contributed by atoms with E-state index in [1.165, 1.54) is 0 Å². The van der Waals surface area contributed by atoms with Gasteiger partial charge in [-0.3, -0.25) is 0 Å². The van der Waals surface area contributed by atoms with E-state index in [0.29, 0.717) is 14.5 Å². The molecule has 0 aromatic carbocycles. The van der Waals surface area contributed by atoms with Crippen LogP contribution in [0.15, 0.2) is 12.1 Å². The molecule has 0 N–H and O–H groups in total.